The van der Waals surface area contributed by atoms with Crippen molar-refractivity contribution >= 4 is 29.5 Å². The second kappa shape index (κ2) is 9.76. The molecule has 11 heteroatoms. The number of urea groups is 1. The van der Waals surface area contributed by atoms with Crippen LogP contribution in [0.4, 0.5) is 15.4 Å². The van der Waals surface area contributed by atoms with Gasteiger partial charge in [-0.1, -0.05) is 11.6 Å². The number of nitrogens with zero attached hydrogens (tertiary/aromatic N) is 3. The van der Waals surface area contributed by atoms with Crippen LogP contribution in [0.15, 0.2) is 12.1 Å². The van der Waals surface area contributed by atoms with Crippen LogP contribution in [0.1, 0.15) is 35.3 Å². The summed E-state index contributed by atoms with van der Waals surface area (Å²) >= 11 is 6.33. The zero-order valence-corrected chi connectivity index (χ0v) is 19.5. The third-order valence-corrected chi connectivity index (χ3v) is 6.17. The Kier molecular flexibility index (Phi) is 7.27. The Balaban J connectivity index is 2.04. The van der Waals surface area contributed by atoms with Gasteiger partial charge in [0.05, 0.1) is 24.0 Å². The number of halogens is 1. The van der Waals surface area contributed by atoms with Crippen LogP contribution in [0.2, 0.25) is 5.02 Å². The third-order valence-electron chi connectivity index (χ3n) is 5.57. The molecule has 0 bridgehead atoms. The Labute approximate surface area is 191 Å². The molecule has 2 aromatic rings. The van der Waals surface area contributed by atoms with Crippen molar-refractivity contribution in [2.75, 3.05) is 32.6 Å². The van der Waals surface area contributed by atoms with E-state index in [0.29, 0.717) is 29.4 Å². The highest BCUT2D eigenvalue weighted by atomic mass is 35.5. The topological polar surface area (TPSA) is 118 Å². The molecule has 0 fully saturated rings. The summed E-state index contributed by atoms with van der Waals surface area (Å²) in [6.45, 7) is 6.03. The lowest BCUT2D eigenvalue weighted by Gasteiger charge is -2.31. The van der Waals surface area contributed by atoms with Gasteiger partial charge in [-0.05, 0) is 44.0 Å². The molecule has 0 unspecified atom stereocenters. The van der Waals surface area contributed by atoms with Gasteiger partial charge in [0.25, 0.3) is 0 Å². The van der Waals surface area contributed by atoms with Gasteiger partial charge in [-0.2, -0.15) is 5.10 Å². The summed E-state index contributed by atoms with van der Waals surface area (Å²) in [4.78, 5) is 25.7. The van der Waals surface area contributed by atoms with Crippen LogP contribution in [0.3, 0.4) is 0 Å². The quantitative estimate of drug-likeness (QED) is 0.562. The number of rotatable bonds is 6. The number of ether oxygens (including phenoxy) is 2. The van der Waals surface area contributed by atoms with Gasteiger partial charge in [0.1, 0.15) is 5.82 Å². The number of nitrogens with one attached hydrogen (secondary N) is 2. The number of amides is 3. The fourth-order valence-corrected chi connectivity index (χ4v) is 3.99. The maximum atomic E-state index is 12.7. The first-order chi connectivity index (χ1) is 15.2. The first kappa shape index (κ1) is 23.8. The van der Waals surface area contributed by atoms with Crippen molar-refractivity contribution in [1.29, 1.82) is 0 Å². The summed E-state index contributed by atoms with van der Waals surface area (Å²) < 4.78 is 11.8. The SMILES string of the molecule is COC(CNC(=O)Nc1c2c(nn1-c1cc(C)c(Cl)c(C)c1)CCN(C(=O)O)[C@H]2C)OC. The average molecular weight is 466 g/mol. The molecule has 3 amide bonds. The van der Waals surface area contributed by atoms with Crippen LogP contribution in [-0.4, -0.2) is 65.5 Å². The minimum Gasteiger partial charge on any atom is -0.465 e. The number of carbonyl (C=O) groups excluding carboxylic acids is 1. The zero-order valence-electron chi connectivity index (χ0n) is 18.7. The lowest BCUT2D eigenvalue weighted by atomic mass is 10.00. The smallest absolute Gasteiger partial charge is 0.407 e. The Morgan fingerprint density at radius 1 is 1.28 bits per heavy atom. The molecule has 174 valence electrons. The summed E-state index contributed by atoms with van der Waals surface area (Å²) in [5.74, 6) is 0.406. The number of methoxy groups -OCH3 is 2. The van der Waals surface area contributed by atoms with E-state index in [1.807, 2.05) is 26.0 Å². The monoisotopic (exact) mass is 465 g/mol. The molecule has 1 aromatic carbocycles. The number of aromatic nitrogens is 2. The minimum absolute atomic E-state index is 0.130. The molecule has 0 aliphatic carbocycles. The molecule has 10 nitrogen and oxygen atoms in total. The molecular weight excluding hydrogens is 438 g/mol. The number of hydrogen-bond donors (Lipinski definition) is 3. The summed E-state index contributed by atoms with van der Waals surface area (Å²) in [5, 5.41) is 20.5. The molecule has 2 heterocycles. The van der Waals surface area contributed by atoms with Crippen LogP contribution in [0.25, 0.3) is 5.69 Å². The summed E-state index contributed by atoms with van der Waals surface area (Å²) in [5.41, 5.74) is 3.86. The third kappa shape index (κ3) is 4.67. The molecule has 3 N–H and O–H groups in total. The van der Waals surface area contributed by atoms with E-state index in [-0.39, 0.29) is 6.54 Å². The van der Waals surface area contributed by atoms with Crippen LogP contribution in [0.5, 0.6) is 0 Å². The van der Waals surface area contributed by atoms with E-state index in [1.54, 1.807) is 11.6 Å². The van der Waals surface area contributed by atoms with E-state index < -0.39 is 24.5 Å². The molecule has 0 spiro atoms. The van der Waals surface area contributed by atoms with Crippen LogP contribution in [0, 0.1) is 13.8 Å². The number of anilines is 1. The van der Waals surface area contributed by atoms with E-state index in [2.05, 4.69) is 10.6 Å². The lowest BCUT2D eigenvalue weighted by molar-refractivity contribution is -0.0970. The molecule has 1 aromatic heterocycles. The van der Waals surface area contributed by atoms with E-state index in [9.17, 15) is 14.7 Å². The van der Waals surface area contributed by atoms with Gasteiger partial charge >= 0.3 is 12.1 Å². The van der Waals surface area contributed by atoms with Crippen molar-refractivity contribution < 1.29 is 24.2 Å². The van der Waals surface area contributed by atoms with Gasteiger partial charge in [0.2, 0.25) is 0 Å². The Hall–Kier alpha value is -2.82. The second-order valence-corrected chi connectivity index (χ2v) is 8.03. The molecule has 1 aliphatic heterocycles. The molecule has 0 saturated carbocycles. The number of carbonyl (C=O) groups is 2. The minimum atomic E-state index is -1.02. The normalized spacial score (nSPS) is 15.6. The average Bonchev–Trinajstić information content (AvgIpc) is 3.11. The van der Waals surface area contributed by atoms with Gasteiger partial charge in [0, 0.05) is 37.8 Å². The van der Waals surface area contributed by atoms with Crippen molar-refractivity contribution in [3.8, 4) is 5.69 Å². The maximum absolute atomic E-state index is 12.7. The van der Waals surface area contributed by atoms with Crippen molar-refractivity contribution in [1.82, 2.24) is 20.0 Å². The summed E-state index contributed by atoms with van der Waals surface area (Å²) in [6, 6.07) is 2.78. The van der Waals surface area contributed by atoms with Gasteiger partial charge in [0.15, 0.2) is 6.29 Å². The zero-order chi connectivity index (χ0) is 23.6. The highest BCUT2D eigenvalue weighted by Gasteiger charge is 2.34. The number of hydrogen-bond acceptors (Lipinski definition) is 5. The first-order valence-electron chi connectivity index (χ1n) is 10.2. The summed E-state index contributed by atoms with van der Waals surface area (Å²) in [6.07, 6.45) is -1.17. The molecule has 0 radical (unpaired) electrons. The van der Waals surface area contributed by atoms with E-state index in [1.165, 1.54) is 19.1 Å². The van der Waals surface area contributed by atoms with Gasteiger partial charge < -0.3 is 24.8 Å². The highest BCUT2D eigenvalue weighted by molar-refractivity contribution is 6.32. The molecular formula is C21H28ClN5O5. The predicted octanol–water partition coefficient (Wildman–Crippen LogP) is 3.48. The fourth-order valence-electron chi connectivity index (χ4n) is 3.88. The lowest BCUT2D eigenvalue weighted by Crippen LogP contribution is -2.39. The van der Waals surface area contributed by atoms with Crippen molar-refractivity contribution in [3.63, 3.8) is 0 Å². The number of aryl methyl sites for hydroxylation is 2. The number of fused-ring (bicyclic) bond motifs is 1. The molecule has 3 rings (SSSR count). The van der Waals surface area contributed by atoms with Crippen LogP contribution >= 0.6 is 11.6 Å². The summed E-state index contributed by atoms with van der Waals surface area (Å²) in [7, 11) is 2.96. The van der Waals surface area contributed by atoms with Crippen LogP contribution < -0.4 is 10.6 Å². The fraction of sp³-hybridized carbons (Fsp3) is 0.476. The highest BCUT2D eigenvalue weighted by Crippen LogP contribution is 2.37. The number of carboxylic acid groups (broad SMARTS) is 1. The van der Waals surface area contributed by atoms with E-state index in [4.69, 9.17) is 26.2 Å². The largest absolute Gasteiger partial charge is 0.465 e. The van der Waals surface area contributed by atoms with Crippen molar-refractivity contribution in [3.05, 3.63) is 39.5 Å². The predicted molar refractivity (Wildman–Crippen MR) is 120 cm³/mol. The molecule has 32 heavy (non-hydrogen) atoms. The Morgan fingerprint density at radius 3 is 2.47 bits per heavy atom. The standard InChI is InChI=1S/C21H28ClN5O5/c1-11-8-14(9-12(2)18(11)22)27-19(24-20(28)23-10-16(31-4)32-5)17-13(3)26(21(29)30)7-6-15(17)25-27/h8-9,13,16H,6-7,10H2,1-5H3,(H,29,30)(H2,23,24,28)/t13-/m0/s1. The van der Waals surface area contributed by atoms with Crippen LogP contribution in [-0.2, 0) is 15.9 Å². The first-order valence-corrected chi connectivity index (χ1v) is 10.5. The van der Waals surface area contributed by atoms with E-state index >= 15 is 0 Å². The van der Waals surface area contributed by atoms with Gasteiger partial charge in [-0.3, -0.25) is 5.32 Å². The second-order valence-electron chi connectivity index (χ2n) is 7.65. The van der Waals surface area contributed by atoms with Crippen molar-refractivity contribution in [2.45, 2.75) is 39.5 Å². The number of benzene rings is 1. The van der Waals surface area contributed by atoms with Gasteiger partial charge in [-0.25, -0.2) is 14.3 Å². The maximum Gasteiger partial charge on any atom is 0.407 e. The Morgan fingerprint density at radius 2 is 1.91 bits per heavy atom. The Bertz CT molecular complexity index is 997. The molecule has 0 saturated heterocycles. The molecule has 1 aliphatic rings. The molecule has 1 atom stereocenters. The van der Waals surface area contributed by atoms with Gasteiger partial charge in [-0.15, -0.1) is 0 Å². The van der Waals surface area contributed by atoms with E-state index in [0.717, 1.165) is 22.5 Å². The van der Waals surface area contributed by atoms with Crippen molar-refractivity contribution in [2.24, 2.45) is 0 Å².